The number of alkyl halides is 6. The third kappa shape index (κ3) is 19.0. The van der Waals surface area contributed by atoms with Crippen LogP contribution in [-0.4, -0.2) is 37.0 Å². The smallest absolute Gasteiger partial charge is 0.741 e. The summed E-state index contributed by atoms with van der Waals surface area (Å²) < 4.78 is 118. The third-order valence-electron chi connectivity index (χ3n) is 4.56. The van der Waals surface area contributed by atoms with Crippen LogP contribution in [0.4, 0.5) is 26.3 Å². The van der Waals surface area contributed by atoms with E-state index >= 15 is 0 Å². The normalized spacial score (nSPS) is 15.2. The molecule has 0 atom stereocenters. The van der Waals surface area contributed by atoms with Crippen LogP contribution in [0.1, 0.15) is 79.1 Å². The Morgan fingerprint density at radius 1 is 0.730 bits per heavy atom. The fraction of sp³-hybridized carbons (Fsp3) is 0.636. The average Bonchev–Trinajstić information content (AvgIpc) is 3.30. The monoisotopic (exact) mass is 658 g/mol. The third-order valence-corrected chi connectivity index (χ3v) is 5.69. The van der Waals surface area contributed by atoms with Crippen molar-refractivity contribution in [2.75, 3.05) is 0 Å². The summed E-state index contributed by atoms with van der Waals surface area (Å²) in [6.45, 7) is 8.79. The van der Waals surface area contributed by atoms with Gasteiger partial charge in [-0.3, -0.25) is 12.2 Å². The molecule has 6 nitrogen and oxygen atoms in total. The minimum Gasteiger partial charge on any atom is -0.741 e. The first-order chi connectivity index (χ1) is 16.2. The minimum absolute atomic E-state index is 0. The molecule has 214 valence electrons. The molecule has 0 unspecified atom stereocenters. The zero-order chi connectivity index (χ0) is 28.8. The molecule has 0 heterocycles. The molecule has 0 N–H and O–H groups in total. The Balaban J connectivity index is -0.000000416. The van der Waals surface area contributed by atoms with Gasteiger partial charge in [0.2, 0.25) is 0 Å². The topological polar surface area (TPSA) is 114 Å². The standard InChI is InChI=1S/2C10H15.2CHF3O3S.Zr/c2*1-3-4-7-10-8-5-6-9(10)2;2*2-1(3,4)8(5,6)7;/h2*8H,3-5,7H2,1-2H3;2*(H,5,6,7);/q2*-1;;;+2/p-2. The molecular formula is C22H30F6O6S2Zr-2. The van der Waals surface area contributed by atoms with E-state index in [0.717, 1.165) is 12.8 Å². The van der Waals surface area contributed by atoms with Crippen LogP contribution in [0.15, 0.2) is 34.4 Å². The molecule has 0 saturated heterocycles. The Bertz CT molecular complexity index is 927. The summed E-state index contributed by atoms with van der Waals surface area (Å²) in [6.07, 6.45) is 21.1. The largest absolute Gasteiger partial charge is 2.00 e. The van der Waals surface area contributed by atoms with Crippen LogP contribution in [0, 0.1) is 12.2 Å². The summed E-state index contributed by atoms with van der Waals surface area (Å²) in [4.78, 5) is 0. The van der Waals surface area contributed by atoms with E-state index in [4.69, 9.17) is 25.9 Å². The van der Waals surface area contributed by atoms with Crippen LogP contribution in [0.2, 0.25) is 0 Å². The molecular weight excluding hydrogens is 630 g/mol. The predicted octanol–water partition coefficient (Wildman–Crippen LogP) is 6.61. The van der Waals surface area contributed by atoms with Crippen LogP contribution in [0.3, 0.4) is 0 Å². The molecule has 15 heteroatoms. The second kappa shape index (κ2) is 18.5. The Hall–Kier alpha value is -0.757. The Labute approximate surface area is 234 Å². The van der Waals surface area contributed by atoms with E-state index < -0.39 is 31.3 Å². The van der Waals surface area contributed by atoms with E-state index in [0.29, 0.717) is 0 Å². The summed E-state index contributed by atoms with van der Waals surface area (Å²) in [5.41, 5.74) is -5.47. The van der Waals surface area contributed by atoms with Gasteiger partial charge in [-0.25, -0.2) is 28.0 Å². The first-order valence-corrected chi connectivity index (χ1v) is 13.6. The van der Waals surface area contributed by atoms with Gasteiger partial charge < -0.3 is 9.11 Å². The maximum Gasteiger partial charge on any atom is 2.00 e. The second-order valence-corrected chi connectivity index (χ2v) is 10.2. The van der Waals surface area contributed by atoms with Crippen molar-refractivity contribution >= 4 is 20.2 Å². The zero-order valence-electron chi connectivity index (χ0n) is 20.8. The summed E-state index contributed by atoms with van der Waals surface area (Å²) >= 11 is 0. The molecule has 2 aliphatic carbocycles. The van der Waals surface area contributed by atoms with Crippen molar-refractivity contribution in [1.29, 1.82) is 0 Å². The molecule has 0 radical (unpaired) electrons. The Morgan fingerprint density at radius 3 is 1.11 bits per heavy atom. The summed E-state index contributed by atoms with van der Waals surface area (Å²) in [5, 5.41) is 0. The molecule has 0 bridgehead atoms. The molecule has 0 aromatic rings. The maximum atomic E-state index is 10.7. The molecule has 0 amide bonds. The molecule has 0 fully saturated rings. The maximum absolute atomic E-state index is 10.7. The van der Waals surface area contributed by atoms with Gasteiger partial charge in [-0.1, -0.05) is 66.2 Å². The number of unbranched alkanes of at least 4 members (excludes halogenated alkanes) is 2. The first kappa shape index (κ1) is 40.7. The van der Waals surface area contributed by atoms with Crippen molar-refractivity contribution in [2.45, 2.75) is 90.1 Å². The quantitative estimate of drug-likeness (QED) is 0.137. The van der Waals surface area contributed by atoms with Gasteiger partial charge >= 0.3 is 37.2 Å². The van der Waals surface area contributed by atoms with Crippen molar-refractivity contribution in [3.8, 4) is 0 Å². The molecule has 37 heavy (non-hydrogen) atoms. The van der Waals surface area contributed by atoms with E-state index in [9.17, 15) is 26.3 Å². The van der Waals surface area contributed by atoms with Crippen molar-refractivity contribution < 1.29 is 78.5 Å². The number of halogens is 6. The van der Waals surface area contributed by atoms with E-state index in [2.05, 4.69) is 52.0 Å². The molecule has 2 aliphatic rings. The van der Waals surface area contributed by atoms with E-state index in [1.807, 2.05) is 0 Å². The van der Waals surface area contributed by atoms with Gasteiger partial charge in [0.05, 0.1) is 0 Å². The Kier molecular flexibility index (Phi) is 20.4. The van der Waals surface area contributed by atoms with E-state index in [1.165, 1.54) is 60.8 Å². The molecule has 2 rings (SSSR count). The molecule has 0 aliphatic heterocycles. The minimum atomic E-state index is -6.09. The fourth-order valence-corrected chi connectivity index (χ4v) is 2.50. The summed E-state index contributed by atoms with van der Waals surface area (Å²) in [6, 6.07) is 0. The van der Waals surface area contributed by atoms with Crippen LogP contribution in [-0.2, 0) is 46.4 Å². The van der Waals surface area contributed by atoms with Gasteiger partial charge in [-0.2, -0.15) is 49.6 Å². The fourth-order valence-electron chi connectivity index (χ4n) is 2.50. The van der Waals surface area contributed by atoms with Gasteiger partial charge in [0.15, 0.2) is 20.2 Å². The van der Waals surface area contributed by atoms with Gasteiger partial charge in [0.1, 0.15) is 0 Å². The van der Waals surface area contributed by atoms with Crippen molar-refractivity contribution in [1.82, 2.24) is 0 Å². The molecule has 0 aromatic heterocycles. The number of hydrogen-bond donors (Lipinski definition) is 0. The van der Waals surface area contributed by atoms with E-state index in [-0.39, 0.29) is 26.2 Å². The van der Waals surface area contributed by atoms with Crippen LogP contribution < -0.4 is 0 Å². The van der Waals surface area contributed by atoms with Crippen LogP contribution in [0.5, 0.6) is 0 Å². The predicted molar refractivity (Wildman–Crippen MR) is 121 cm³/mol. The van der Waals surface area contributed by atoms with Gasteiger partial charge in [-0.15, -0.1) is 12.8 Å². The van der Waals surface area contributed by atoms with Crippen molar-refractivity contribution in [2.24, 2.45) is 0 Å². The van der Waals surface area contributed by atoms with Gasteiger partial charge in [-0.05, 0) is 0 Å². The number of rotatable bonds is 6. The Morgan fingerprint density at radius 2 is 0.973 bits per heavy atom. The average molecular weight is 660 g/mol. The zero-order valence-corrected chi connectivity index (χ0v) is 24.9. The van der Waals surface area contributed by atoms with E-state index in [1.54, 1.807) is 0 Å². The summed E-state index contributed by atoms with van der Waals surface area (Å²) in [7, 11) is -12.2. The van der Waals surface area contributed by atoms with Crippen molar-refractivity contribution in [3.63, 3.8) is 0 Å². The van der Waals surface area contributed by atoms with Gasteiger partial charge in [0.25, 0.3) is 0 Å². The van der Waals surface area contributed by atoms with Crippen LogP contribution >= 0.6 is 0 Å². The van der Waals surface area contributed by atoms with Crippen molar-refractivity contribution in [3.05, 3.63) is 46.6 Å². The molecule has 0 aromatic carbocycles. The SMILES string of the molecule is CCCCC1=CC[C-]=C1C.CCCCC1=CC[C-]=C1C.O=S(=O)([O-])C(F)(F)F.O=S(=O)([O-])C(F)(F)F.[Zr+2]. The number of hydrogen-bond acceptors (Lipinski definition) is 6. The first-order valence-electron chi connectivity index (χ1n) is 10.8. The molecule has 0 saturated carbocycles. The molecule has 0 spiro atoms. The second-order valence-electron chi connectivity index (χ2n) is 7.48. The number of allylic oxidation sites excluding steroid dienone is 8. The van der Waals surface area contributed by atoms with Gasteiger partial charge in [0, 0.05) is 0 Å². The summed E-state index contributed by atoms with van der Waals surface area (Å²) in [5.74, 6) is 0. The van der Waals surface area contributed by atoms with Crippen LogP contribution in [0.25, 0.3) is 0 Å².